The van der Waals surface area contributed by atoms with Crippen molar-refractivity contribution in [2.24, 2.45) is 5.92 Å². The van der Waals surface area contributed by atoms with E-state index in [0.29, 0.717) is 18.1 Å². The zero-order chi connectivity index (χ0) is 16.6. The van der Waals surface area contributed by atoms with Crippen LogP contribution in [0.25, 0.3) is 0 Å². The van der Waals surface area contributed by atoms with Gasteiger partial charge in [0.15, 0.2) is 0 Å². The van der Waals surface area contributed by atoms with Gasteiger partial charge in [-0.25, -0.2) is 0 Å². The Kier molecular flexibility index (Phi) is 5.77. The summed E-state index contributed by atoms with van der Waals surface area (Å²) in [5.74, 6) is 1.33. The van der Waals surface area contributed by atoms with E-state index < -0.39 is 0 Å². The average Bonchev–Trinajstić information content (AvgIpc) is 2.66. The molecule has 0 aliphatic heterocycles. The highest BCUT2D eigenvalue weighted by atomic mass is 16.5. The summed E-state index contributed by atoms with van der Waals surface area (Å²) < 4.78 is 5.62. The van der Waals surface area contributed by atoms with Crippen LogP contribution in [-0.4, -0.2) is 22.4 Å². The summed E-state index contributed by atoms with van der Waals surface area (Å²) in [5, 5.41) is 3.03. The molecule has 24 heavy (non-hydrogen) atoms. The molecule has 1 aliphatic rings. The van der Waals surface area contributed by atoms with Crippen LogP contribution in [0.15, 0.2) is 42.9 Å². The molecule has 0 spiro atoms. The standard InChI is InChI=1S/C19H23N3O2/c23-19(22-12-15-4-2-1-3-5-15)16-6-7-17(21-13-16)14-24-18-8-10-20-11-9-18/h6-11,13,15H,1-5,12,14H2,(H,22,23). The zero-order valence-corrected chi connectivity index (χ0v) is 13.8. The lowest BCUT2D eigenvalue weighted by Crippen LogP contribution is -2.30. The molecule has 126 valence electrons. The molecule has 1 fully saturated rings. The number of ether oxygens (including phenoxy) is 1. The zero-order valence-electron chi connectivity index (χ0n) is 13.8. The van der Waals surface area contributed by atoms with Crippen LogP contribution in [0.4, 0.5) is 0 Å². The number of rotatable bonds is 6. The lowest BCUT2D eigenvalue weighted by molar-refractivity contribution is 0.0943. The molecule has 0 unspecified atom stereocenters. The van der Waals surface area contributed by atoms with Crippen LogP contribution in [0.3, 0.4) is 0 Å². The van der Waals surface area contributed by atoms with Crippen molar-refractivity contribution in [3.8, 4) is 5.75 Å². The molecule has 3 rings (SSSR count). The van der Waals surface area contributed by atoms with E-state index >= 15 is 0 Å². The van der Waals surface area contributed by atoms with E-state index in [9.17, 15) is 4.79 Å². The molecule has 0 saturated heterocycles. The van der Waals surface area contributed by atoms with Gasteiger partial charge in [-0.3, -0.25) is 14.8 Å². The van der Waals surface area contributed by atoms with E-state index in [0.717, 1.165) is 18.0 Å². The van der Waals surface area contributed by atoms with Gasteiger partial charge in [0, 0.05) is 25.1 Å². The van der Waals surface area contributed by atoms with Gasteiger partial charge in [-0.1, -0.05) is 19.3 Å². The van der Waals surface area contributed by atoms with Crippen molar-refractivity contribution in [2.45, 2.75) is 38.7 Å². The van der Waals surface area contributed by atoms with Crippen LogP contribution in [0.5, 0.6) is 5.75 Å². The maximum atomic E-state index is 12.2. The topological polar surface area (TPSA) is 64.1 Å². The Bertz CT molecular complexity index is 637. The maximum Gasteiger partial charge on any atom is 0.252 e. The van der Waals surface area contributed by atoms with Crippen LogP contribution in [-0.2, 0) is 6.61 Å². The Hall–Kier alpha value is -2.43. The summed E-state index contributed by atoms with van der Waals surface area (Å²) in [4.78, 5) is 20.4. The first-order chi connectivity index (χ1) is 11.8. The van der Waals surface area contributed by atoms with Gasteiger partial charge in [0.25, 0.3) is 5.91 Å². The van der Waals surface area contributed by atoms with E-state index in [1.165, 1.54) is 32.1 Å². The van der Waals surface area contributed by atoms with Crippen molar-refractivity contribution in [2.75, 3.05) is 6.54 Å². The monoisotopic (exact) mass is 325 g/mol. The Balaban J connectivity index is 1.47. The number of nitrogens with zero attached hydrogens (tertiary/aromatic N) is 2. The third kappa shape index (κ3) is 4.78. The van der Waals surface area contributed by atoms with E-state index in [-0.39, 0.29) is 5.91 Å². The molecule has 0 atom stereocenters. The first-order valence-electron chi connectivity index (χ1n) is 8.57. The second kappa shape index (κ2) is 8.43. The van der Waals surface area contributed by atoms with Crippen molar-refractivity contribution >= 4 is 5.91 Å². The van der Waals surface area contributed by atoms with Crippen molar-refractivity contribution in [3.63, 3.8) is 0 Å². The largest absolute Gasteiger partial charge is 0.487 e. The summed E-state index contributed by atoms with van der Waals surface area (Å²) in [6, 6.07) is 7.23. The molecule has 1 saturated carbocycles. The number of carbonyl (C=O) groups is 1. The number of hydrogen-bond donors (Lipinski definition) is 1. The highest BCUT2D eigenvalue weighted by Crippen LogP contribution is 2.22. The fourth-order valence-corrected chi connectivity index (χ4v) is 2.97. The van der Waals surface area contributed by atoms with Crippen molar-refractivity contribution in [1.29, 1.82) is 0 Å². The van der Waals surface area contributed by atoms with Crippen LogP contribution in [0, 0.1) is 5.92 Å². The first kappa shape index (κ1) is 16.4. The number of hydrogen-bond acceptors (Lipinski definition) is 4. The number of carbonyl (C=O) groups excluding carboxylic acids is 1. The van der Waals surface area contributed by atoms with Crippen LogP contribution in [0.2, 0.25) is 0 Å². The molecule has 5 heteroatoms. The molecular weight excluding hydrogens is 302 g/mol. The minimum atomic E-state index is -0.0466. The second-order valence-electron chi connectivity index (χ2n) is 6.22. The van der Waals surface area contributed by atoms with Gasteiger partial charge < -0.3 is 10.1 Å². The molecule has 1 aliphatic carbocycles. The molecular formula is C19H23N3O2. The number of aromatic nitrogens is 2. The third-order valence-corrected chi connectivity index (χ3v) is 4.40. The first-order valence-corrected chi connectivity index (χ1v) is 8.57. The fourth-order valence-electron chi connectivity index (χ4n) is 2.97. The van der Waals surface area contributed by atoms with Crippen molar-refractivity contribution in [3.05, 3.63) is 54.1 Å². The summed E-state index contributed by atoms with van der Waals surface area (Å²) in [6.07, 6.45) is 11.3. The highest BCUT2D eigenvalue weighted by Gasteiger charge is 2.15. The van der Waals surface area contributed by atoms with Gasteiger partial charge in [0.05, 0.1) is 11.3 Å². The van der Waals surface area contributed by atoms with Gasteiger partial charge in [-0.2, -0.15) is 0 Å². The van der Waals surface area contributed by atoms with E-state index in [1.54, 1.807) is 36.8 Å². The van der Waals surface area contributed by atoms with Crippen LogP contribution in [0.1, 0.15) is 48.2 Å². The molecule has 0 radical (unpaired) electrons. The lowest BCUT2D eigenvalue weighted by atomic mass is 9.89. The van der Waals surface area contributed by atoms with Gasteiger partial charge >= 0.3 is 0 Å². The molecule has 2 aromatic rings. The Morgan fingerprint density at radius 3 is 2.62 bits per heavy atom. The number of amides is 1. The predicted molar refractivity (Wildman–Crippen MR) is 91.7 cm³/mol. The second-order valence-corrected chi connectivity index (χ2v) is 6.22. The van der Waals surface area contributed by atoms with Crippen molar-refractivity contribution < 1.29 is 9.53 Å². The number of nitrogens with one attached hydrogen (secondary N) is 1. The number of pyridine rings is 2. The average molecular weight is 325 g/mol. The van der Waals surface area contributed by atoms with E-state index in [4.69, 9.17) is 4.74 Å². The Morgan fingerprint density at radius 2 is 1.92 bits per heavy atom. The quantitative estimate of drug-likeness (QED) is 0.884. The van der Waals surface area contributed by atoms with Gasteiger partial charge in [0.1, 0.15) is 12.4 Å². The Morgan fingerprint density at radius 1 is 1.12 bits per heavy atom. The maximum absolute atomic E-state index is 12.2. The van der Waals surface area contributed by atoms with E-state index in [1.807, 2.05) is 6.07 Å². The van der Waals surface area contributed by atoms with E-state index in [2.05, 4.69) is 15.3 Å². The van der Waals surface area contributed by atoms with Gasteiger partial charge in [-0.15, -0.1) is 0 Å². The normalized spacial score (nSPS) is 15.0. The van der Waals surface area contributed by atoms with Gasteiger partial charge in [-0.05, 0) is 43.0 Å². The molecule has 5 nitrogen and oxygen atoms in total. The van der Waals surface area contributed by atoms with Crippen molar-refractivity contribution in [1.82, 2.24) is 15.3 Å². The smallest absolute Gasteiger partial charge is 0.252 e. The van der Waals surface area contributed by atoms with Crippen LogP contribution < -0.4 is 10.1 Å². The summed E-state index contributed by atoms with van der Waals surface area (Å²) in [7, 11) is 0. The highest BCUT2D eigenvalue weighted by molar-refractivity contribution is 5.93. The van der Waals surface area contributed by atoms with Gasteiger partial charge in [0.2, 0.25) is 0 Å². The Labute approximate surface area is 142 Å². The molecule has 0 aromatic carbocycles. The van der Waals surface area contributed by atoms with Crippen LogP contribution >= 0.6 is 0 Å². The SMILES string of the molecule is O=C(NCC1CCCCC1)c1ccc(COc2ccncc2)nc1. The molecule has 2 aromatic heterocycles. The molecule has 1 amide bonds. The summed E-state index contributed by atoms with van der Waals surface area (Å²) in [5.41, 5.74) is 1.38. The summed E-state index contributed by atoms with van der Waals surface area (Å²) >= 11 is 0. The minimum Gasteiger partial charge on any atom is -0.487 e. The fraction of sp³-hybridized carbons (Fsp3) is 0.421. The predicted octanol–water partition coefficient (Wildman–Crippen LogP) is 3.37. The minimum absolute atomic E-state index is 0.0466. The third-order valence-electron chi connectivity index (χ3n) is 4.40. The molecule has 0 bridgehead atoms. The lowest BCUT2D eigenvalue weighted by Gasteiger charge is -2.21. The summed E-state index contributed by atoms with van der Waals surface area (Å²) in [6.45, 7) is 1.14. The molecule has 1 N–H and O–H groups in total. The molecule has 2 heterocycles.